The van der Waals surface area contributed by atoms with E-state index < -0.39 is 0 Å². The molecule has 0 radical (unpaired) electrons. The minimum Gasteiger partial charge on any atom is -0.493 e. The van der Waals surface area contributed by atoms with Crippen LogP contribution >= 0.6 is 0 Å². The van der Waals surface area contributed by atoms with Crippen LogP contribution in [0.4, 0.5) is 5.95 Å². The van der Waals surface area contributed by atoms with Crippen molar-refractivity contribution < 1.29 is 18.9 Å². The summed E-state index contributed by atoms with van der Waals surface area (Å²) in [6.45, 7) is 5.53. The summed E-state index contributed by atoms with van der Waals surface area (Å²) in [5, 5.41) is 12.4. The van der Waals surface area contributed by atoms with Crippen molar-refractivity contribution in [3.8, 4) is 23.0 Å². The molecule has 0 spiro atoms. The highest BCUT2D eigenvalue weighted by Gasteiger charge is 2.07. The number of ether oxygens (including phenoxy) is 4. The Morgan fingerprint density at radius 3 is 2.31 bits per heavy atom. The Hall–Kier alpha value is -3.79. The first kappa shape index (κ1) is 22.9. The average Bonchev–Trinajstić information content (AvgIpc) is 3.26. The summed E-state index contributed by atoms with van der Waals surface area (Å²) in [5.41, 5.74) is 7.97. The van der Waals surface area contributed by atoms with Gasteiger partial charge in [0.2, 0.25) is 0 Å². The van der Waals surface area contributed by atoms with E-state index in [-0.39, 0.29) is 0 Å². The van der Waals surface area contributed by atoms with Gasteiger partial charge in [-0.25, -0.2) is 5.43 Å². The molecule has 0 aliphatic heterocycles. The lowest BCUT2D eigenvalue weighted by Gasteiger charge is -2.12. The normalized spacial score (nSPS) is 10.9. The topological polar surface area (TPSA) is 104 Å². The molecule has 0 saturated carbocycles. The smallest absolute Gasteiger partial charge is 0.259 e. The zero-order valence-electron chi connectivity index (χ0n) is 18.7. The third kappa shape index (κ3) is 5.88. The summed E-state index contributed by atoms with van der Waals surface area (Å²) in [6, 6.07) is 11.4. The number of anilines is 1. The van der Waals surface area contributed by atoms with E-state index in [1.807, 2.05) is 50.2 Å². The molecule has 2 N–H and O–H groups in total. The Balaban J connectivity index is 1.61. The summed E-state index contributed by atoms with van der Waals surface area (Å²) in [6.07, 6.45) is 3.19. The molecule has 2 aromatic carbocycles. The van der Waals surface area contributed by atoms with Crippen LogP contribution in [-0.2, 0) is 6.54 Å². The number of methoxy groups -OCH3 is 2. The maximum Gasteiger partial charge on any atom is 0.259 e. The number of benzene rings is 2. The van der Waals surface area contributed by atoms with Gasteiger partial charge in [0.15, 0.2) is 23.0 Å². The third-order valence-electron chi connectivity index (χ3n) is 4.37. The highest BCUT2D eigenvalue weighted by molar-refractivity contribution is 5.81. The summed E-state index contributed by atoms with van der Waals surface area (Å²) in [4.78, 5) is 0. The molecule has 1 heterocycles. The largest absolute Gasteiger partial charge is 0.493 e. The van der Waals surface area contributed by atoms with Crippen LogP contribution < -0.4 is 29.8 Å². The number of hydrogen-bond acceptors (Lipinski definition) is 9. The fourth-order valence-corrected chi connectivity index (χ4v) is 2.89. The molecule has 0 unspecified atom stereocenters. The van der Waals surface area contributed by atoms with Crippen molar-refractivity contribution in [2.75, 3.05) is 32.9 Å². The van der Waals surface area contributed by atoms with Crippen LogP contribution in [0.15, 0.2) is 47.8 Å². The van der Waals surface area contributed by atoms with Crippen LogP contribution in [-0.4, -0.2) is 48.5 Å². The summed E-state index contributed by atoms with van der Waals surface area (Å²) in [5.74, 6) is 3.17. The van der Waals surface area contributed by atoms with Crippen molar-refractivity contribution in [1.29, 1.82) is 0 Å². The minimum atomic E-state index is 0.442. The molecule has 0 amide bonds. The van der Waals surface area contributed by atoms with Gasteiger partial charge in [-0.3, -0.25) is 5.43 Å². The highest BCUT2D eigenvalue weighted by Crippen LogP contribution is 2.28. The SMILES string of the molecule is CCOc1ccc(C=Nn2cnnc2NNCc2ccc(OCC)c(OC)c2)cc1OC. The number of nitrogens with zero attached hydrogens (tertiary/aromatic N) is 4. The molecule has 170 valence electrons. The first-order valence-corrected chi connectivity index (χ1v) is 10.2. The van der Waals surface area contributed by atoms with Gasteiger partial charge in [-0.2, -0.15) is 9.78 Å². The molecule has 0 bridgehead atoms. The Labute approximate surface area is 187 Å². The molecule has 32 heavy (non-hydrogen) atoms. The standard InChI is InChI=1S/C22H28N6O4/c1-5-31-18-9-7-16(11-20(18)29-3)13-23-26-22-27-24-15-28(22)25-14-17-8-10-19(32-6-2)21(12-17)30-4/h7-12,14-15,23H,5-6,13H2,1-4H3,(H,26,27). The van der Waals surface area contributed by atoms with E-state index in [0.29, 0.717) is 48.7 Å². The van der Waals surface area contributed by atoms with E-state index in [0.717, 1.165) is 11.1 Å². The summed E-state index contributed by atoms with van der Waals surface area (Å²) < 4.78 is 23.4. The van der Waals surface area contributed by atoms with Crippen molar-refractivity contribution in [3.05, 3.63) is 53.9 Å². The minimum absolute atomic E-state index is 0.442. The summed E-state index contributed by atoms with van der Waals surface area (Å²) in [7, 11) is 3.22. The van der Waals surface area contributed by atoms with Crippen LogP contribution in [0.1, 0.15) is 25.0 Å². The average molecular weight is 441 g/mol. The fraction of sp³-hybridized carbons (Fsp3) is 0.318. The zero-order valence-corrected chi connectivity index (χ0v) is 18.7. The van der Waals surface area contributed by atoms with Gasteiger partial charge in [0, 0.05) is 6.54 Å². The third-order valence-corrected chi connectivity index (χ3v) is 4.37. The Bertz CT molecular complexity index is 1040. The first-order valence-electron chi connectivity index (χ1n) is 10.2. The molecular weight excluding hydrogens is 412 g/mol. The van der Waals surface area contributed by atoms with Crippen LogP contribution in [0.25, 0.3) is 0 Å². The number of rotatable bonds is 12. The molecule has 0 saturated heterocycles. The van der Waals surface area contributed by atoms with Crippen LogP contribution in [0.5, 0.6) is 23.0 Å². The van der Waals surface area contributed by atoms with Crippen molar-refractivity contribution in [1.82, 2.24) is 20.3 Å². The van der Waals surface area contributed by atoms with Crippen LogP contribution in [0, 0.1) is 0 Å². The van der Waals surface area contributed by atoms with Crippen molar-refractivity contribution in [2.24, 2.45) is 5.10 Å². The van der Waals surface area contributed by atoms with E-state index in [2.05, 4.69) is 26.2 Å². The lowest BCUT2D eigenvalue weighted by molar-refractivity contribution is 0.310. The van der Waals surface area contributed by atoms with Gasteiger partial charge >= 0.3 is 0 Å². The van der Waals surface area contributed by atoms with E-state index in [9.17, 15) is 0 Å². The van der Waals surface area contributed by atoms with E-state index in [4.69, 9.17) is 18.9 Å². The van der Waals surface area contributed by atoms with E-state index in [1.165, 1.54) is 11.0 Å². The van der Waals surface area contributed by atoms with Gasteiger partial charge < -0.3 is 18.9 Å². The Kier molecular flexibility index (Phi) is 8.27. The van der Waals surface area contributed by atoms with Gasteiger partial charge in [-0.1, -0.05) is 6.07 Å². The second kappa shape index (κ2) is 11.6. The summed E-state index contributed by atoms with van der Waals surface area (Å²) >= 11 is 0. The lowest BCUT2D eigenvalue weighted by atomic mass is 10.2. The van der Waals surface area contributed by atoms with Crippen molar-refractivity contribution in [3.63, 3.8) is 0 Å². The lowest BCUT2D eigenvalue weighted by Crippen LogP contribution is -2.23. The molecule has 0 aliphatic carbocycles. The molecule has 10 heteroatoms. The quantitative estimate of drug-likeness (QED) is 0.327. The van der Waals surface area contributed by atoms with Crippen LogP contribution in [0.2, 0.25) is 0 Å². The van der Waals surface area contributed by atoms with Gasteiger partial charge in [-0.15, -0.1) is 10.2 Å². The Morgan fingerprint density at radius 1 is 0.938 bits per heavy atom. The first-order chi connectivity index (χ1) is 15.7. The second-order valence-corrected chi connectivity index (χ2v) is 6.48. The maximum absolute atomic E-state index is 5.55. The molecule has 1 aromatic heterocycles. The molecule has 3 aromatic rings. The molecule has 3 rings (SSSR count). The highest BCUT2D eigenvalue weighted by atomic mass is 16.5. The van der Waals surface area contributed by atoms with Crippen molar-refractivity contribution in [2.45, 2.75) is 20.4 Å². The molecule has 10 nitrogen and oxygen atoms in total. The number of hydrogen-bond donors (Lipinski definition) is 2. The van der Waals surface area contributed by atoms with Gasteiger partial charge in [0.1, 0.15) is 6.33 Å². The van der Waals surface area contributed by atoms with Gasteiger partial charge in [-0.05, 0) is 55.3 Å². The zero-order chi connectivity index (χ0) is 22.8. The molecule has 0 atom stereocenters. The second-order valence-electron chi connectivity index (χ2n) is 6.48. The van der Waals surface area contributed by atoms with Gasteiger partial charge in [0.05, 0.1) is 33.6 Å². The molecule has 0 fully saturated rings. The van der Waals surface area contributed by atoms with E-state index in [1.54, 1.807) is 20.4 Å². The molecule has 0 aliphatic rings. The number of nitrogens with one attached hydrogen (secondary N) is 2. The van der Waals surface area contributed by atoms with E-state index >= 15 is 0 Å². The predicted octanol–water partition coefficient (Wildman–Crippen LogP) is 3.09. The predicted molar refractivity (Wildman–Crippen MR) is 122 cm³/mol. The van der Waals surface area contributed by atoms with Gasteiger partial charge in [0.25, 0.3) is 5.95 Å². The number of hydrazine groups is 1. The number of aromatic nitrogens is 3. The van der Waals surface area contributed by atoms with Crippen molar-refractivity contribution >= 4 is 12.2 Å². The fourth-order valence-electron chi connectivity index (χ4n) is 2.89. The molecular formula is C22H28N6O4. The maximum atomic E-state index is 5.55. The Morgan fingerprint density at radius 2 is 1.62 bits per heavy atom. The van der Waals surface area contributed by atoms with Crippen LogP contribution in [0.3, 0.4) is 0 Å². The monoisotopic (exact) mass is 440 g/mol.